The lowest BCUT2D eigenvalue weighted by atomic mass is 10.2. The fraction of sp³-hybridized carbons (Fsp3) is 0.333. The van der Waals surface area contributed by atoms with Gasteiger partial charge in [0, 0.05) is 6.54 Å². The van der Waals surface area contributed by atoms with Gasteiger partial charge in [0.2, 0.25) is 0 Å². The van der Waals surface area contributed by atoms with Gasteiger partial charge in [0.05, 0.1) is 12.8 Å². The van der Waals surface area contributed by atoms with Gasteiger partial charge in [0.25, 0.3) is 0 Å². The van der Waals surface area contributed by atoms with Crippen molar-refractivity contribution in [2.45, 2.75) is 26.5 Å². The van der Waals surface area contributed by atoms with Crippen molar-refractivity contribution in [1.82, 2.24) is 5.32 Å². The first-order valence-electron chi connectivity index (χ1n) is 6.20. The van der Waals surface area contributed by atoms with Gasteiger partial charge in [-0.25, -0.2) is 0 Å². The fourth-order valence-corrected chi connectivity index (χ4v) is 1.77. The number of benzene rings is 1. The van der Waals surface area contributed by atoms with E-state index in [4.69, 9.17) is 9.15 Å². The van der Waals surface area contributed by atoms with E-state index in [1.54, 1.807) is 6.26 Å². The van der Waals surface area contributed by atoms with Gasteiger partial charge in [-0.15, -0.1) is 0 Å². The van der Waals surface area contributed by atoms with Gasteiger partial charge in [0.1, 0.15) is 17.6 Å². The molecule has 2 rings (SSSR count). The van der Waals surface area contributed by atoms with Crippen molar-refractivity contribution in [3.8, 4) is 5.75 Å². The zero-order valence-electron chi connectivity index (χ0n) is 10.8. The first-order chi connectivity index (χ1) is 8.74. The van der Waals surface area contributed by atoms with E-state index < -0.39 is 0 Å². The van der Waals surface area contributed by atoms with E-state index in [-0.39, 0.29) is 6.10 Å². The van der Waals surface area contributed by atoms with E-state index in [0.29, 0.717) is 0 Å². The van der Waals surface area contributed by atoms with E-state index in [1.165, 1.54) is 5.56 Å². The molecule has 3 nitrogen and oxygen atoms in total. The zero-order chi connectivity index (χ0) is 12.8. The SMILES string of the molecule is Cc1cccc(OC(C)CNCc2ccco2)c1. The maximum absolute atomic E-state index is 5.82. The Morgan fingerprint density at radius 2 is 2.17 bits per heavy atom. The van der Waals surface area contributed by atoms with Gasteiger partial charge in [-0.1, -0.05) is 12.1 Å². The highest BCUT2D eigenvalue weighted by molar-refractivity contribution is 5.27. The molecule has 0 saturated carbocycles. The molecule has 18 heavy (non-hydrogen) atoms. The number of aryl methyl sites for hydroxylation is 1. The minimum absolute atomic E-state index is 0.127. The second-order valence-electron chi connectivity index (χ2n) is 4.46. The Morgan fingerprint density at radius 1 is 1.28 bits per heavy atom. The van der Waals surface area contributed by atoms with Gasteiger partial charge in [-0.2, -0.15) is 0 Å². The lowest BCUT2D eigenvalue weighted by Crippen LogP contribution is -2.28. The van der Waals surface area contributed by atoms with Crippen LogP contribution in [0.3, 0.4) is 0 Å². The van der Waals surface area contributed by atoms with Gasteiger partial charge in [-0.05, 0) is 43.7 Å². The molecule has 0 aliphatic heterocycles. The van der Waals surface area contributed by atoms with Crippen molar-refractivity contribution in [2.24, 2.45) is 0 Å². The molecule has 1 N–H and O–H groups in total. The van der Waals surface area contributed by atoms with Crippen molar-refractivity contribution in [3.05, 3.63) is 54.0 Å². The molecule has 3 heteroatoms. The zero-order valence-corrected chi connectivity index (χ0v) is 10.8. The van der Waals surface area contributed by atoms with E-state index in [2.05, 4.69) is 25.2 Å². The molecule has 1 atom stereocenters. The van der Waals surface area contributed by atoms with Gasteiger partial charge in [0.15, 0.2) is 0 Å². The molecule has 1 unspecified atom stereocenters. The number of nitrogens with one attached hydrogen (secondary N) is 1. The van der Waals surface area contributed by atoms with E-state index in [1.807, 2.05) is 30.3 Å². The summed E-state index contributed by atoms with van der Waals surface area (Å²) < 4.78 is 11.1. The largest absolute Gasteiger partial charge is 0.489 e. The number of furan rings is 1. The highest BCUT2D eigenvalue weighted by Crippen LogP contribution is 2.13. The minimum Gasteiger partial charge on any atom is -0.489 e. The molecule has 0 aliphatic rings. The summed E-state index contributed by atoms with van der Waals surface area (Å²) in [6.07, 6.45) is 1.81. The van der Waals surface area contributed by atoms with Crippen LogP contribution in [0.1, 0.15) is 18.2 Å². The molecule has 0 amide bonds. The van der Waals surface area contributed by atoms with Crippen LogP contribution >= 0.6 is 0 Å². The third-order valence-electron chi connectivity index (χ3n) is 2.64. The van der Waals surface area contributed by atoms with Gasteiger partial charge >= 0.3 is 0 Å². The molecule has 0 aliphatic carbocycles. The molecule has 0 saturated heterocycles. The number of rotatable bonds is 6. The molecule has 0 fully saturated rings. The van der Waals surface area contributed by atoms with E-state index in [0.717, 1.165) is 24.6 Å². The second-order valence-corrected chi connectivity index (χ2v) is 4.46. The van der Waals surface area contributed by atoms with Crippen LogP contribution < -0.4 is 10.1 Å². The predicted molar refractivity (Wildman–Crippen MR) is 71.7 cm³/mol. The van der Waals surface area contributed by atoms with Crippen molar-refractivity contribution in [1.29, 1.82) is 0 Å². The molecule has 2 aromatic rings. The molecule has 0 bridgehead atoms. The Labute approximate surface area is 108 Å². The van der Waals surface area contributed by atoms with Crippen LogP contribution in [0.25, 0.3) is 0 Å². The predicted octanol–water partition coefficient (Wildman–Crippen LogP) is 3.15. The van der Waals surface area contributed by atoms with Crippen molar-refractivity contribution in [3.63, 3.8) is 0 Å². The lowest BCUT2D eigenvalue weighted by Gasteiger charge is -2.15. The first kappa shape index (κ1) is 12.7. The molecule has 0 spiro atoms. The molecular formula is C15H19NO2. The maximum Gasteiger partial charge on any atom is 0.120 e. The fourth-order valence-electron chi connectivity index (χ4n) is 1.77. The first-order valence-corrected chi connectivity index (χ1v) is 6.20. The summed E-state index contributed by atoms with van der Waals surface area (Å²) in [6, 6.07) is 11.9. The molecule has 1 aromatic carbocycles. The van der Waals surface area contributed by atoms with E-state index >= 15 is 0 Å². The Hall–Kier alpha value is -1.74. The smallest absolute Gasteiger partial charge is 0.120 e. The highest BCUT2D eigenvalue weighted by Gasteiger charge is 2.04. The van der Waals surface area contributed by atoms with Crippen molar-refractivity contribution < 1.29 is 9.15 Å². The average Bonchev–Trinajstić information content (AvgIpc) is 2.82. The summed E-state index contributed by atoms with van der Waals surface area (Å²) >= 11 is 0. The molecule has 0 radical (unpaired) electrons. The second kappa shape index (κ2) is 6.26. The summed E-state index contributed by atoms with van der Waals surface area (Å²) in [5, 5.41) is 3.30. The van der Waals surface area contributed by atoms with Crippen LogP contribution in [-0.4, -0.2) is 12.6 Å². The summed E-state index contributed by atoms with van der Waals surface area (Å²) in [4.78, 5) is 0. The molecular weight excluding hydrogens is 226 g/mol. The van der Waals surface area contributed by atoms with Crippen LogP contribution in [0.15, 0.2) is 47.1 Å². The Morgan fingerprint density at radius 3 is 2.89 bits per heavy atom. The topological polar surface area (TPSA) is 34.4 Å². The third-order valence-corrected chi connectivity index (χ3v) is 2.64. The minimum atomic E-state index is 0.127. The molecule has 1 heterocycles. The standard InChI is InChI=1S/C15H19NO2/c1-12-5-3-6-14(9-12)18-13(2)10-16-11-15-7-4-8-17-15/h3-9,13,16H,10-11H2,1-2H3. The van der Waals surface area contributed by atoms with Crippen LogP contribution in [0.4, 0.5) is 0 Å². The number of hydrogen-bond donors (Lipinski definition) is 1. The summed E-state index contributed by atoms with van der Waals surface area (Å²) in [7, 11) is 0. The normalized spacial score (nSPS) is 12.3. The Kier molecular flexibility index (Phi) is 4.42. The van der Waals surface area contributed by atoms with Crippen LogP contribution in [0.5, 0.6) is 5.75 Å². The summed E-state index contributed by atoms with van der Waals surface area (Å²) in [5.41, 5.74) is 1.21. The third kappa shape index (κ3) is 3.93. The van der Waals surface area contributed by atoms with Crippen LogP contribution in [-0.2, 0) is 6.54 Å². The Balaban J connectivity index is 1.73. The summed E-state index contributed by atoms with van der Waals surface area (Å²) in [6.45, 7) is 5.63. The molecule has 96 valence electrons. The lowest BCUT2D eigenvalue weighted by molar-refractivity contribution is 0.215. The van der Waals surface area contributed by atoms with Crippen LogP contribution in [0, 0.1) is 6.92 Å². The maximum atomic E-state index is 5.82. The van der Waals surface area contributed by atoms with Crippen molar-refractivity contribution in [2.75, 3.05) is 6.54 Å². The molecule has 1 aromatic heterocycles. The monoisotopic (exact) mass is 245 g/mol. The van der Waals surface area contributed by atoms with Crippen LogP contribution in [0.2, 0.25) is 0 Å². The van der Waals surface area contributed by atoms with E-state index in [9.17, 15) is 0 Å². The van der Waals surface area contributed by atoms with Gasteiger partial charge < -0.3 is 14.5 Å². The van der Waals surface area contributed by atoms with Crippen molar-refractivity contribution >= 4 is 0 Å². The highest BCUT2D eigenvalue weighted by atomic mass is 16.5. The Bertz CT molecular complexity index is 465. The quantitative estimate of drug-likeness (QED) is 0.849. The number of ether oxygens (including phenoxy) is 1. The van der Waals surface area contributed by atoms with Gasteiger partial charge in [-0.3, -0.25) is 0 Å². The average molecular weight is 245 g/mol. The number of hydrogen-bond acceptors (Lipinski definition) is 3. The summed E-state index contributed by atoms with van der Waals surface area (Å²) in [5.74, 6) is 1.86.